The summed E-state index contributed by atoms with van der Waals surface area (Å²) in [5.41, 5.74) is -1.10. The highest BCUT2D eigenvalue weighted by Gasteiger charge is 2.31. The quantitative estimate of drug-likeness (QED) is 0.746. The molecule has 1 N–H and O–H groups in total. The summed E-state index contributed by atoms with van der Waals surface area (Å²) in [4.78, 5) is 24.4. The van der Waals surface area contributed by atoms with E-state index in [1.165, 1.54) is 20.1 Å². The summed E-state index contributed by atoms with van der Waals surface area (Å²) in [5.74, 6) is -1.39. The number of rotatable bonds is 5. The van der Waals surface area contributed by atoms with Crippen LogP contribution < -0.4 is 10.1 Å². The van der Waals surface area contributed by atoms with Crippen molar-refractivity contribution in [1.29, 1.82) is 0 Å². The molecule has 0 unspecified atom stereocenters. The lowest BCUT2D eigenvalue weighted by Gasteiger charge is -2.16. The second-order valence-corrected chi connectivity index (χ2v) is 5.84. The van der Waals surface area contributed by atoms with Gasteiger partial charge in [0.2, 0.25) is 0 Å². The Morgan fingerprint density at radius 3 is 2.44 bits per heavy atom. The molecule has 1 atom stereocenters. The minimum Gasteiger partial charge on any atom is -0.496 e. The lowest BCUT2D eigenvalue weighted by molar-refractivity contribution is -0.137. The van der Waals surface area contributed by atoms with Gasteiger partial charge in [0.1, 0.15) is 11.3 Å². The zero-order valence-electron chi connectivity index (χ0n) is 14.3. The number of nitrogens with one attached hydrogen (secondary N) is 1. The summed E-state index contributed by atoms with van der Waals surface area (Å²) in [5, 5.41) is 2.14. The Hall–Kier alpha value is -2.74. The number of amides is 1. The number of hydrogen-bond donors (Lipinski definition) is 1. The van der Waals surface area contributed by atoms with E-state index in [4.69, 9.17) is 21.1 Å². The van der Waals surface area contributed by atoms with Gasteiger partial charge in [0.15, 0.2) is 6.10 Å². The van der Waals surface area contributed by atoms with E-state index in [1.807, 2.05) is 0 Å². The molecule has 5 nitrogen and oxygen atoms in total. The van der Waals surface area contributed by atoms with E-state index in [0.717, 1.165) is 12.1 Å². The van der Waals surface area contributed by atoms with Crippen LogP contribution in [-0.4, -0.2) is 25.1 Å². The molecule has 0 aliphatic rings. The maximum atomic E-state index is 12.8. The molecule has 0 bridgehead atoms. The summed E-state index contributed by atoms with van der Waals surface area (Å²) in [6, 6.07) is 8.76. The Kier molecular flexibility index (Phi) is 6.32. The van der Waals surface area contributed by atoms with Crippen molar-refractivity contribution >= 4 is 29.2 Å². The van der Waals surface area contributed by atoms with Crippen molar-refractivity contribution in [1.82, 2.24) is 0 Å². The number of benzene rings is 2. The predicted octanol–water partition coefficient (Wildman–Crippen LogP) is 4.55. The van der Waals surface area contributed by atoms with Gasteiger partial charge in [-0.3, -0.25) is 4.79 Å². The zero-order chi connectivity index (χ0) is 20.2. The highest BCUT2D eigenvalue weighted by molar-refractivity contribution is 6.33. The van der Waals surface area contributed by atoms with Gasteiger partial charge in [0, 0.05) is 0 Å². The number of carbonyl (C=O) groups is 2. The number of halogens is 4. The maximum Gasteiger partial charge on any atom is 0.416 e. The number of esters is 1. The van der Waals surface area contributed by atoms with Crippen molar-refractivity contribution in [3.63, 3.8) is 0 Å². The Morgan fingerprint density at radius 1 is 1.15 bits per heavy atom. The lowest BCUT2D eigenvalue weighted by atomic mass is 10.2. The molecule has 0 aliphatic carbocycles. The number of hydrogen-bond acceptors (Lipinski definition) is 4. The zero-order valence-corrected chi connectivity index (χ0v) is 15.0. The van der Waals surface area contributed by atoms with Crippen molar-refractivity contribution in [2.24, 2.45) is 0 Å². The average molecular weight is 402 g/mol. The molecule has 0 aromatic heterocycles. The van der Waals surface area contributed by atoms with Crippen molar-refractivity contribution in [2.75, 3.05) is 12.4 Å². The first-order chi connectivity index (χ1) is 12.6. The fraction of sp³-hybridized carbons (Fsp3) is 0.222. The smallest absolute Gasteiger partial charge is 0.416 e. The number of carbonyl (C=O) groups excluding carboxylic acids is 2. The van der Waals surface area contributed by atoms with Gasteiger partial charge in [-0.15, -0.1) is 0 Å². The van der Waals surface area contributed by atoms with Crippen LogP contribution in [0.3, 0.4) is 0 Å². The van der Waals surface area contributed by atoms with Gasteiger partial charge in [0.05, 0.1) is 23.4 Å². The van der Waals surface area contributed by atoms with Crippen molar-refractivity contribution < 1.29 is 32.2 Å². The first-order valence-corrected chi connectivity index (χ1v) is 8.03. The van der Waals surface area contributed by atoms with Crippen LogP contribution in [-0.2, 0) is 15.7 Å². The number of anilines is 1. The molecular weight excluding hydrogens is 387 g/mol. The third-order valence-corrected chi connectivity index (χ3v) is 3.86. The minimum absolute atomic E-state index is 0.0837. The molecule has 0 heterocycles. The summed E-state index contributed by atoms with van der Waals surface area (Å²) in [7, 11) is 1.37. The fourth-order valence-corrected chi connectivity index (χ4v) is 2.29. The highest BCUT2D eigenvalue weighted by atomic mass is 35.5. The largest absolute Gasteiger partial charge is 0.496 e. The second-order valence-electron chi connectivity index (χ2n) is 5.43. The van der Waals surface area contributed by atoms with Crippen LogP contribution in [0, 0.1) is 0 Å². The first-order valence-electron chi connectivity index (χ1n) is 7.65. The minimum atomic E-state index is -4.59. The van der Waals surface area contributed by atoms with E-state index >= 15 is 0 Å². The number of alkyl halides is 3. The molecule has 0 radical (unpaired) electrons. The molecule has 2 aromatic rings. The van der Waals surface area contributed by atoms with Crippen LogP contribution in [0.25, 0.3) is 0 Å². The molecule has 0 saturated heterocycles. The summed E-state index contributed by atoms with van der Waals surface area (Å²) < 4.78 is 48.5. The van der Waals surface area contributed by atoms with Gasteiger partial charge in [-0.1, -0.05) is 23.7 Å². The van der Waals surface area contributed by atoms with E-state index in [0.29, 0.717) is 6.07 Å². The van der Waals surface area contributed by atoms with Gasteiger partial charge in [-0.2, -0.15) is 13.2 Å². The summed E-state index contributed by atoms with van der Waals surface area (Å²) in [6.45, 7) is 1.28. The monoisotopic (exact) mass is 401 g/mol. The molecule has 0 aliphatic heterocycles. The standard InChI is InChI=1S/C18H15ClF3NO4/c1-10(27-17(25)12-5-3-4-6-15(12)26-2)16(24)23-14-9-11(18(20,21)22)7-8-13(14)19/h3-10H,1-2H3,(H,23,24)/t10-/m1/s1. The third-order valence-electron chi connectivity index (χ3n) is 3.53. The topological polar surface area (TPSA) is 64.6 Å². The van der Waals surface area contributed by atoms with Crippen LogP contribution in [0.15, 0.2) is 42.5 Å². The van der Waals surface area contributed by atoms with Crippen LogP contribution in [0.1, 0.15) is 22.8 Å². The van der Waals surface area contributed by atoms with Gasteiger partial charge < -0.3 is 14.8 Å². The second kappa shape index (κ2) is 8.30. The number of para-hydroxylation sites is 1. The molecule has 9 heteroatoms. The molecule has 1 amide bonds. The van der Waals surface area contributed by atoms with E-state index in [1.54, 1.807) is 18.2 Å². The highest BCUT2D eigenvalue weighted by Crippen LogP contribution is 2.33. The van der Waals surface area contributed by atoms with Crippen molar-refractivity contribution in [3.05, 3.63) is 58.6 Å². The molecule has 2 aromatic carbocycles. The number of methoxy groups -OCH3 is 1. The van der Waals surface area contributed by atoms with E-state index in [2.05, 4.69) is 5.32 Å². The normalized spacial score (nSPS) is 12.2. The van der Waals surface area contributed by atoms with Crippen molar-refractivity contribution in [2.45, 2.75) is 19.2 Å². The SMILES string of the molecule is COc1ccccc1C(=O)O[C@H](C)C(=O)Nc1cc(C(F)(F)F)ccc1Cl. The van der Waals surface area contributed by atoms with Crippen molar-refractivity contribution in [3.8, 4) is 5.75 Å². The van der Waals surface area contributed by atoms with Crippen LogP contribution >= 0.6 is 11.6 Å². The van der Waals surface area contributed by atoms with Gasteiger partial charge in [0.25, 0.3) is 5.91 Å². The molecule has 0 fully saturated rings. The van der Waals surface area contributed by atoms with Gasteiger partial charge in [-0.05, 0) is 37.3 Å². The Labute approximate surface area is 158 Å². The molecule has 144 valence electrons. The molecule has 2 rings (SSSR count). The number of ether oxygens (including phenoxy) is 2. The fourth-order valence-electron chi connectivity index (χ4n) is 2.12. The maximum absolute atomic E-state index is 12.8. The Morgan fingerprint density at radius 2 is 1.81 bits per heavy atom. The predicted molar refractivity (Wildman–Crippen MR) is 93.0 cm³/mol. The molecule has 0 saturated carbocycles. The van der Waals surface area contributed by atoms with Gasteiger partial charge >= 0.3 is 12.1 Å². The van der Waals surface area contributed by atoms with E-state index in [-0.39, 0.29) is 22.0 Å². The molecular formula is C18H15ClF3NO4. The van der Waals surface area contributed by atoms with E-state index < -0.39 is 29.7 Å². The third kappa shape index (κ3) is 5.13. The van der Waals surface area contributed by atoms with Crippen LogP contribution in [0.2, 0.25) is 5.02 Å². The Bertz CT molecular complexity index is 855. The molecule has 0 spiro atoms. The summed E-state index contributed by atoms with van der Waals surface area (Å²) in [6.07, 6.45) is -5.88. The van der Waals surface area contributed by atoms with Gasteiger partial charge in [-0.25, -0.2) is 4.79 Å². The average Bonchev–Trinajstić information content (AvgIpc) is 2.62. The van der Waals surface area contributed by atoms with Crippen LogP contribution in [0.5, 0.6) is 5.75 Å². The molecule has 27 heavy (non-hydrogen) atoms. The summed E-state index contributed by atoms with van der Waals surface area (Å²) >= 11 is 5.83. The lowest BCUT2D eigenvalue weighted by Crippen LogP contribution is -2.30. The van der Waals surface area contributed by atoms with E-state index in [9.17, 15) is 22.8 Å². The first kappa shape index (κ1) is 20.6. The van der Waals surface area contributed by atoms with Crippen LogP contribution in [0.4, 0.5) is 18.9 Å². The Balaban J connectivity index is 2.11.